The first-order valence-corrected chi connectivity index (χ1v) is 4.80. The first-order chi connectivity index (χ1) is 9.00. The summed E-state index contributed by atoms with van der Waals surface area (Å²) in [6.07, 6.45) is -12.0. The predicted octanol–water partition coefficient (Wildman–Crippen LogP) is 0.232. The fraction of sp³-hybridized carbons (Fsp3) is 0.333. The van der Waals surface area contributed by atoms with Crippen LogP contribution in [0.25, 0.3) is 0 Å². The number of alkyl halides is 6. The van der Waals surface area contributed by atoms with Gasteiger partial charge in [-0.1, -0.05) is 0 Å². The Morgan fingerprint density at radius 1 is 0.952 bits per heavy atom. The Hall–Kier alpha value is -0.918. The Kier molecular flexibility index (Phi) is 4.64. The maximum Gasteiger partial charge on any atom is 1.00 e. The van der Waals surface area contributed by atoms with Gasteiger partial charge in [-0.05, 0) is 6.07 Å². The molecule has 0 bridgehead atoms. The normalized spacial score (nSPS) is 17.5. The Bertz CT molecular complexity index is 530. The molecule has 0 spiro atoms. The molecule has 0 N–H and O–H groups in total. The zero-order chi connectivity index (χ0) is 15.3. The van der Waals surface area contributed by atoms with E-state index in [4.69, 9.17) is 0 Å². The van der Waals surface area contributed by atoms with Gasteiger partial charge in [-0.2, -0.15) is 26.3 Å². The Labute approximate surface area is 124 Å². The number of hydrogen-bond acceptors (Lipinski definition) is 2. The summed E-state index contributed by atoms with van der Waals surface area (Å²) in [7, 11) is -0.287. The largest absolute Gasteiger partial charge is 1.00 e. The molecule has 2 radical (unpaired) electrons. The van der Waals surface area contributed by atoms with Gasteiger partial charge in [0, 0.05) is 11.6 Å². The van der Waals surface area contributed by atoms with Crippen LogP contribution in [-0.4, -0.2) is 20.0 Å². The van der Waals surface area contributed by atoms with E-state index >= 15 is 0 Å². The Morgan fingerprint density at radius 2 is 1.48 bits per heavy atom. The van der Waals surface area contributed by atoms with Crippen molar-refractivity contribution < 1.29 is 63.3 Å². The van der Waals surface area contributed by atoms with Crippen LogP contribution in [0.3, 0.4) is 0 Å². The van der Waals surface area contributed by atoms with Crippen LogP contribution in [0.4, 0.5) is 35.1 Å². The van der Waals surface area contributed by atoms with E-state index in [2.05, 4.69) is 9.31 Å². The van der Waals surface area contributed by atoms with Crippen molar-refractivity contribution in [1.29, 1.82) is 0 Å². The molecule has 21 heavy (non-hydrogen) atoms. The summed E-state index contributed by atoms with van der Waals surface area (Å²) in [6, 6.07) is -0.0398. The van der Waals surface area contributed by atoms with Crippen molar-refractivity contribution >= 4 is 7.69 Å². The van der Waals surface area contributed by atoms with Gasteiger partial charge in [-0.15, -0.1) is 0 Å². The van der Waals surface area contributed by atoms with Crippen molar-refractivity contribution in [3.05, 3.63) is 29.3 Å². The van der Waals surface area contributed by atoms with Gasteiger partial charge < -0.3 is 9.31 Å². The molecular weight excluding hydrogens is 310 g/mol. The van der Waals surface area contributed by atoms with Gasteiger partial charge in [0.2, 0.25) is 5.60 Å². The molecule has 2 rings (SSSR count). The van der Waals surface area contributed by atoms with Gasteiger partial charge in [0.15, 0.2) is 5.82 Å². The van der Waals surface area contributed by atoms with Crippen LogP contribution in [0, 0.1) is 11.6 Å². The minimum absolute atomic E-state index is 0. The molecule has 0 fully saturated rings. The van der Waals surface area contributed by atoms with E-state index in [-0.39, 0.29) is 38.7 Å². The zero-order valence-electron chi connectivity index (χ0n) is 10.1. The molecule has 1 heterocycles. The third kappa shape index (κ3) is 2.62. The molecule has 0 saturated heterocycles. The van der Waals surface area contributed by atoms with Crippen LogP contribution in [0.5, 0.6) is 5.75 Å². The van der Waals surface area contributed by atoms with E-state index in [1.165, 1.54) is 0 Å². The van der Waals surface area contributed by atoms with Crippen LogP contribution >= 0.6 is 0 Å². The SMILES string of the molecule is Fc1cc(F)c2c(c1)C(C(F)(F)F)(C(F)(F)F)O[B-]O2.[Li+]. The van der Waals surface area contributed by atoms with E-state index in [1.54, 1.807) is 0 Å². The summed E-state index contributed by atoms with van der Waals surface area (Å²) in [4.78, 5) is 0. The Balaban J connectivity index is 0.00000220. The average molecular weight is 312 g/mol. The second-order valence-electron chi connectivity index (χ2n) is 3.77. The molecule has 1 aliphatic heterocycles. The predicted molar refractivity (Wildman–Crippen MR) is 47.6 cm³/mol. The van der Waals surface area contributed by atoms with Crippen molar-refractivity contribution in [2.45, 2.75) is 18.0 Å². The molecular formula is C9H2BF8LiO2. The van der Waals surface area contributed by atoms with Crippen LogP contribution in [0.1, 0.15) is 5.56 Å². The standard InChI is InChI=1S/C9H2BF8O2.Li/c11-3-1-4-6(5(12)2-3)19-10-20-7(4,8(13,14)15)9(16,17)18;/h1-2H;/q-1;+1. The van der Waals surface area contributed by atoms with Gasteiger partial charge in [0.05, 0.1) is 7.69 Å². The topological polar surface area (TPSA) is 18.5 Å². The minimum atomic E-state index is -6.01. The zero-order valence-corrected chi connectivity index (χ0v) is 10.1. The van der Waals surface area contributed by atoms with Crippen LogP contribution in [0.2, 0.25) is 0 Å². The summed E-state index contributed by atoms with van der Waals surface area (Å²) in [6.45, 7) is 0. The molecule has 110 valence electrons. The third-order valence-electron chi connectivity index (χ3n) is 2.58. The number of rotatable bonds is 0. The van der Waals surface area contributed by atoms with Gasteiger partial charge in [0.1, 0.15) is 11.6 Å². The number of halogens is 8. The van der Waals surface area contributed by atoms with Crippen LogP contribution in [0.15, 0.2) is 12.1 Å². The summed E-state index contributed by atoms with van der Waals surface area (Å²) in [5, 5.41) is 0. The maximum absolute atomic E-state index is 13.3. The molecule has 0 aromatic heterocycles. The summed E-state index contributed by atoms with van der Waals surface area (Å²) >= 11 is 0. The smallest absolute Gasteiger partial charge is 0.739 e. The molecule has 0 atom stereocenters. The van der Waals surface area contributed by atoms with Crippen LogP contribution in [-0.2, 0) is 10.3 Å². The third-order valence-corrected chi connectivity index (χ3v) is 2.58. The first-order valence-electron chi connectivity index (χ1n) is 4.80. The molecule has 0 unspecified atom stereocenters. The van der Waals surface area contributed by atoms with E-state index in [0.29, 0.717) is 0 Å². The monoisotopic (exact) mass is 312 g/mol. The van der Waals surface area contributed by atoms with Gasteiger partial charge in [-0.25, -0.2) is 8.78 Å². The fourth-order valence-corrected chi connectivity index (χ4v) is 1.75. The first kappa shape index (κ1) is 18.1. The second kappa shape index (κ2) is 5.37. The van der Waals surface area contributed by atoms with Gasteiger partial charge in [-0.3, -0.25) is 0 Å². The Morgan fingerprint density at radius 3 is 1.95 bits per heavy atom. The molecule has 1 aliphatic rings. The van der Waals surface area contributed by atoms with E-state index < -0.39 is 40.9 Å². The van der Waals surface area contributed by atoms with E-state index in [1.807, 2.05) is 0 Å². The number of hydrogen-bond donors (Lipinski definition) is 0. The summed E-state index contributed by atoms with van der Waals surface area (Å²) in [5.74, 6) is -4.74. The summed E-state index contributed by atoms with van der Waals surface area (Å²) in [5.41, 5.74) is -6.73. The quantitative estimate of drug-likeness (QED) is 0.504. The molecule has 1 aromatic rings. The molecule has 12 heteroatoms. The maximum atomic E-state index is 13.3. The fourth-order valence-electron chi connectivity index (χ4n) is 1.75. The van der Waals surface area contributed by atoms with Crippen LogP contribution < -0.4 is 23.5 Å². The second-order valence-corrected chi connectivity index (χ2v) is 3.77. The number of fused-ring (bicyclic) bond motifs is 1. The molecule has 0 aliphatic carbocycles. The van der Waals surface area contributed by atoms with Crippen molar-refractivity contribution in [3.63, 3.8) is 0 Å². The molecule has 2 nitrogen and oxygen atoms in total. The molecule has 1 aromatic carbocycles. The van der Waals surface area contributed by atoms with E-state index in [0.717, 1.165) is 0 Å². The van der Waals surface area contributed by atoms with Gasteiger partial charge >= 0.3 is 31.2 Å². The van der Waals surface area contributed by atoms with E-state index in [9.17, 15) is 35.1 Å². The minimum Gasteiger partial charge on any atom is -0.739 e. The molecule has 0 amide bonds. The van der Waals surface area contributed by atoms with Gasteiger partial charge in [0.25, 0.3) is 0 Å². The average Bonchev–Trinajstić information content (AvgIpc) is 2.24. The van der Waals surface area contributed by atoms with Crippen molar-refractivity contribution in [2.24, 2.45) is 0 Å². The summed E-state index contributed by atoms with van der Waals surface area (Å²) < 4.78 is 111. The number of benzene rings is 1. The molecule has 0 saturated carbocycles. The van der Waals surface area contributed by atoms with Crippen molar-refractivity contribution in [3.8, 4) is 5.75 Å². The van der Waals surface area contributed by atoms with Crippen molar-refractivity contribution in [2.75, 3.05) is 0 Å². The van der Waals surface area contributed by atoms with Crippen molar-refractivity contribution in [1.82, 2.24) is 0 Å².